The van der Waals surface area contributed by atoms with E-state index in [1.165, 1.54) is 0 Å². The fourth-order valence-electron chi connectivity index (χ4n) is 1.54. The lowest BCUT2D eigenvalue weighted by Gasteiger charge is -1.97. The molecule has 0 bridgehead atoms. The van der Waals surface area contributed by atoms with Gasteiger partial charge in [0.15, 0.2) is 0 Å². The summed E-state index contributed by atoms with van der Waals surface area (Å²) < 4.78 is 5.19. The van der Waals surface area contributed by atoms with Crippen LogP contribution in [0.2, 0.25) is 0 Å². The normalized spacial score (nSPS) is 11.3. The molecular weight excluding hydrogens is 208 g/mol. The summed E-state index contributed by atoms with van der Waals surface area (Å²) in [7, 11) is 0. The molecule has 0 unspecified atom stereocenters. The minimum atomic E-state index is 0.853. The summed E-state index contributed by atoms with van der Waals surface area (Å²) in [5.41, 5.74) is 2.29. The van der Waals surface area contributed by atoms with Crippen LogP contribution in [-0.2, 0) is 0 Å². The molecule has 0 fully saturated rings. The van der Waals surface area contributed by atoms with E-state index in [1.54, 1.807) is 6.26 Å². The van der Waals surface area contributed by atoms with E-state index in [9.17, 15) is 0 Å². The molecule has 0 atom stereocenters. The molecule has 0 spiro atoms. The molecule has 1 heterocycles. The Kier molecular flexibility index (Phi) is 3.77. The van der Waals surface area contributed by atoms with Crippen LogP contribution < -0.4 is 0 Å². The fourth-order valence-corrected chi connectivity index (χ4v) is 1.54. The van der Waals surface area contributed by atoms with E-state index in [4.69, 9.17) is 4.42 Å². The second-order valence-corrected chi connectivity index (χ2v) is 3.57. The molecule has 84 valence electrons. The molecule has 0 saturated carbocycles. The summed E-state index contributed by atoms with van der Waals surface area (Å²) in [5, 5.41) is 0. The van der Waals surface area contributed by atoms with Gasteiger partial charge in [0, 0.05) is 0 Å². The molecule has 1 aromatic heterocycles. The van der Waals surface area contributed by atoms with E-state index in [-0.39, 0.29) is 0 Å². The quantitative estimate of drug-likeness (QED) is 0.686. The summed E-state index contributed by atoms with van der Waals surface area (Å²) in [6.45, 7) is 3.79. The predicted octanol–water partition coefficient (Wildman–Crippen LogP) is 4.65. The van der Waals surface area contributed by atoms with Crippen LogP contribution in [0.3, 0.4) is 0 Å². The maximum absolute atomic E-state index is 5.19. The Morgan fingerprint density at radius 3 is 2.35 bits per heavy atom. The number of rotatable bonds is 4. The van der Waals surface area contributed by atoms with Crippen LogP contribution in [0.1, 0.15) is 16.9 Å². The zero-order chi connectivity index (χ0) is 11.9. The molecule has 0 saturated heterocycles. The molecular formula is C16H14O. The highest BCUT2D eigenvalue weighted by atomic mass is 16.3. The summed E-state index contributed by atoms with van der Waals surface area (Å²) in [4.78, 5) is 0. The van der Waals surface area contributed by atoms with E-state index in [1.807, 2.05) is 54.6 Å². The number of benzene rings is 1. The topological polar surface area (TPSA) is 13.1 Å². The molecule has 0 N–H and O–H groups in total. The van der Waals surface area contributed by atoms with E-state index in [2.05, 4.69) is 18.7 Å². The Morgan fingerprint density at radius 1 is 0.882 bits per heavy atom. The third-order valence-corrected chi connectivity index (χ3v) is 2.41. The first-order valence-corrected chi connectivity index (χ1v) is 5.50. The molecule has 17 heavy (non-hydrogen) atoms. The van der Waals surface area contributed by atoms with Crippen LogP contribution in [0.4, 0.5) is 0 Å². The average Bonchev–Trinajstić information content (AvgIpc) is 2.88. The van der Waals surface area contributed by atoms with Gasteiger partial charge in [0.05, 0.1) is 6.26 Å². The minimum absolute atomic E-state index is 0.853. The maximum Gasteiger partial charge on any atom is 0.126 e. The van der Waals surface area contributed by atoms with Gasteiger partial charge in [0.25, 0.3) is 0 Å². The van der Waals surface area contributed by atoms with Crippen molar-refractivity contribution >= 4 is 18.2 Å². The van der Waals surface area contributed by atoms with Crippen molar-refractivity contribution in [2.45, 2.75) is 0 Å². The molecule has 0 radical (unpaired) electrons. The van der Waals surface area contributed by atoms with Crippen molar-refractivity contribution in [1.29, 1.82) is 0 Å². The summed E-state index contributed by atoms with van der Waals surface area (Å²) >= 11 is 0. The lowest BCUT2D eigenvalue weighted by atomic mass is 10.1. The zero-order valence-electron chi connectivity index (χ0n) is 9.54. The number of hydrogen-bond donors (Lipinski definition) is 0. The van der Waals surface area contributed by atoms with Gasteiger partial charge in [-0.05, 0) is 29.3 Å². The van der Waals surface area contributed by atoms with Crippen molar-refractivity contribution in [3.63, 3.8) is 0 Å². The maximum atomic E-state index is 5.19. The van der Waals surface area contributed by atoms with Crippen LogP contribution in [0, 0.1) is 0 Å². The van der Waals surface area contributed by atoms with Crippen LogP contribution >= 0.6 is 0 Å². The molecule has 0 aliphatic heterocycles. The Balaban J connectivity index is 2.08. The van der Waals surface area contributed by atoms with Crippen molar-refractivity contribution in [2.24, 2.45) is 0 Å². The Hall–Kier alpha value is -2.28. The Labute approximate surface area is 101 Å². The second-order valence-electron chi connectivity index (χ2n) is 3.57. The van der Waals surface area contributed by atoms with E-state index >= 15 is 0 Å². The van der Waals surface area contributed by atoms with Gasteiger partial charge in [0.1, 0.15) is 5.76 Å². The molecule has 0 aliphatic rings. The van der Waals surface area contributed by atoms with Gasteiger partial charge in [-0.1, -0.05) is 55.1 Å². The molecule has 0 amide bonds. The smallest absolute Gasteiger partial charge is 0.126 e. The zero-order valence-corrected chi connectivity index (χ0v) is 9.54. The molecule has 0 aliphatic carbocycles. The van der Waals surface area contributed by atoms with Gasteiger partial charge < -0.3 is 4.42 Å². The molecule has 2 rings (SSSR count). The Morgan fingerprint density at radius 2 is 1.65 bits per heavy atom. The first kappa shape index (κ1) is 11.2. The Bertz CT molecular complexity index is 530. The number of hydrogen-bond acceptors (Lipinski definition) is 1. The van der Waals surface area contributed by atoms with Gasteiger partial charge in [-0.15, -0.1) is 0 Å². The first-order valence-electron chi connectivity index (χ1n) is 5.50. The third kappa shape index (κ3) is 3.08. The van der Waals surface area contributed by atoms with Crippen molar-refractivity contribution in [3.8, 4) is 0 Å². The largest absolute Gasteiger partial charge is 0.465 e. The summed E-state index contributed by atoms with van der Waals surface area (Å²) in [5.74, 6) is 0.853. The van der Waals surface area contributed by atoms with Gasteiger partial charge in [0.2, 0.25) is 0 Å². The van der Waals surface area contributed by atoms with Crippen LogP contribution in [0.25, 0.3) is 18.2 Å². The average molecular weight is 222 g/mol. The second kappa shape index (κ2) is 5.71. The minimum Gasteiger partial charge on any atom is -0.465 e. The molecule has 1 heteroatoms. The van der Waals surface area contributed by atoms with Crippen LogP contribution in [0.15, 0.2) is 65.8 Å². The summed E-state index contributed by atoms with van der Waals surface area (Å²) in [6.07, 6.45) is 11.4. The van der Waals surface area contributed by atoms with Gasteiger partial charge in [-0.3, -0.25) is 0 Å². The van der Waals surface area contributed by atoms with Crippen LogP contribution in [-0.4, -0.2) is 0 Å². The number of furan rings is 1. The van der Waals surface area contributed by atoms with E-state index in [0.29, 0.717) is 0 Å². The molecule has 1 aromatic carbocycles. The first-order chi connectivity index (χ1) is 8.40. The molecule has 1 nitrogen and oxygen atoms in total. The standard InChI is InChI=1S/C16H14O/c1-2-14-8-3-4-9-15(14)10-5-6-11-16-12-7-13-17-16/h2-13H,1H2/b10-5?,11-6+. The van der Waals surface area contributed by atoms with Crippen molar-refractivity contribution in [1.82, 2.24) is 0 Å². The lowest BCUT2D eigenvalue weighted by molar-refractivity contribution is 0.557. The monoisotopic (exact) mass is 222 g/mol. The van der Waals surface area contributed by atoms with E-state index in [0.717, 1.165) is 16.9 Å². The number of allylic oxidation sites excluding steroid dienone is 2. The highest BCUT2D eigenvalue weighted by Crippen LogP contribution is 2.12. The van der Waals surface area contributed by atoms with Crippen LogP contribution in [0.5, 0.6) is 0 Å². The highest BCUT2D eigenvalue weighted by molar-refractivity contribution is 5.65. The van der Waals surface area contributed by atoms with Gasteiger partial charge in [-0.2, -0.15) is 0 Å². The highest BCUT2D eigenvalue weighted by Gasteiger charge is 1.91. The van der Waals surface area contributed by atoms with E-state index < -0.39 is 0 Å². The predicted molar refractivity (Wildman–Crippen MR) is 73.3 cm³/mol. The third-order valence-electron chi connectivity index (χ3n) is 2.41. The molecule has 2 aromatic rings. The van der Waals surface area contributed by atoms with Crippen molar-refractivity contribution in [2.75, 3.05) is 0 Å². The van der Waals surface area contributed by atoms with Crippen molar-refractivity contribution < 1.29 is 4.42 Å². The fraction of sp³-hybridized carbons (Fsp3) is 0. The lowest BCUT2D eigenvalue weighted by Crippen LogP contribution is -1.77. The van der Waals surface area contributed by atoms with Gasteiger partial charge in [-0.25, -0.2) is 0 Å². The van der Waals surface area contributed by atoms with Crippen molar-refractivity contribution in [3.05, 3.63) is 78.3 Å². The SMILES string of the molecule is C=Cc1ccccc1C=C/C=C/c1ccco1. The summed E-state index contributed by atoms with van der Waals surface area (Å²) in [6, 6.07) is 11.9. The van der Waals surface area contributed by atoms with Gasteiger partial charge >= 0.3 is 0 Å².